The van der Waals surface area contributed by atoms with Crippen molar-refractivity contribution < 1.29 is 13.2 Å². The molecule has 1 fully saturated rings. The van der Waals surface area contributed by atoms with Crippen molar-refractivity contribution in [2.24, 2.45) is 5.92 Å². The minimum absolute atomic E-state index is 0.128. The van der Waals surface area contributed by atoms with E-state index >= 15 is 0 Å². The largest absolute Gasteiger partial charge is 0.351 e. The lowest BCUT2D eigenvalue weighted by atomic mass is 9.96. The maximum absolute atomic E-state index is 12.2. The third-order valence-corrected chi connectivity index (χ3v) is 6.70. The number of hydrogen-bond acceptors (Lipinski definition) is 5. The summed E-state index contributed by atoms with van der Waals surface area (Å²) in [6.45, 7) is 4.31. The SMILES string of the molecule is CC(=O)NCc1ccc(S(=O)(=O)NCCC2CCCNC2)s1. The quantitative estimate of drug-likeness (QED) is 0.689. The lowest BCUT2D eigenvalue weighted by Crippen LogP contribution is -2.33. The number of hydrogen-bond donors (Lipinski definition) is 3. The van der Waals surface area contributed by atoms with Crippen LogP contribution in [-0.2, 0) is 21.4 Å². The second kappa shape index (κ2) is 8.05. The zero-order valence-electron chi connectivity index (χ0n) is 12.7. The molecule has 1 atom stereocenters. The Balaban J connectivity index is 1.82. The van der Waals surface area contributed by atoms with Crippen LogP contribution >= 0.6 is 11.3 Å². The standard InChI is InChI=1S/C14H23N3O3S2/c1-11(18)16-10-13-4-5-14(21-13)22(19,20)17-8-6-12-3-2-7-15-9-12/h4-5,12,15,17H,2-3,6-10H2,1H3,(H,16,18). The summed E-state index contributed by atoms with van der Waals surface area (Å²) in [5.41, 5.74) is 0. The summed E-state index contributed by atoms with van der Waals surface area (Å²) < 4.78 is 27.4. The van der Waals surface area contributed by atoms with Crippen molar-refractivity contribution in [1.82, 2.24) is 15.4 Å². The summed E-state index contributed by atoms with van der Waals surface area (Å²) >= 11 is 1.19. The van der Waals surface area contributed by atoms with Gasteiger partial charge >= 0.3 is 0 Å². The first-order valence-corrected chi connectivity index (χ1v) is 9.81. The van der Waals surface area contributed by atoms with E-state index in [1.54, 1.807) is 12.1 Å². The van der Waals surface area contributed by atoms with Crippen LogP contribution in [0.25, 0.3) is 0 Å². The van der Waals surface area contributed by atoms with E-state index in [1.807, 2.05) is 0 Å². The van der Waals surface area contributed by atoms with Crippen LogP contribution in [0.1, 0.15) is 31.1 Å². The third-order valence-electron chi connectivity index (χ3n) is 3.66. The number of piperidine rings is 1. The molecule has 8 heteroatoms. The first-order chi connectivity index (χ1) is 10.5. The fourth-order valence-corrected chi connectivity index (χ4v) is 4.84. The Kier molecular flexibility index (Phi) is 6.37. The van der Waals surface area contributed by atoms with Gasteiger partial charge in [-0.25, -0.2) is 13.1 Å². The topological polar surface area (TPSA) is 87.3 Å². The Bertz CT molecular complexity index is 592. The molecule has 1 aromatic heterocycles. The number of rotatable bonds is 7. The Labute approximate surface area is 135 Å². The second-order valence-electron chi connectivity index (χ2n) is 5.53. The molecule has 0 spiro atoms. The van der Waals surface area contributed by atoms with Gasteiger partial charge in [-0.1, -0.05) is 0 Å². The number of carbonyl (C=O) groups is 1. The molecule has 2 heterocycles. The maximum atomic E-state index is 12.2. The second-order valence-corrected chi connectivity index (χ2v) is 8.69. The molecule has 1 aliphatic rings. The smallest absolute Gasteiger partial charge is 0.250 e. The molecule has 0 aromatic carbocycles. The summed E-state index contributed by atoms with van der Waals surface area (Å²) in [4.78, 5) is 11.7. The molecule has 124 valence electrons. The Morgan fingerprint density at radius 2 is 2.27 bits per heavy atom. The minimum atomic E-state index is -3.44. The zero-order chi connectivity index (χ0) is 16.0. The van der Waals surface area contributed by atoms with Crippen LogP contribution in [0.3, 0.4) is 0 Å². The van der Waals surface area contributed by atoms with Crippen LogP contribution in [0, 0.1) is 5.92 Å². The summed E-state index contributed by atoms with van der Waals surface area (Å²) in [6, 6.07) is 3.33. The van der Waals surface area contributed by atoms with E-state index in [2.05, 4.69) is 15.4 Å². The molecular formula is C14H23N3O3S2. The van der Waals surface area contributed by atoms with E-state index in [9.17, 15) is 13.2 Å². The van der Waals surface area contributed by atoms with E-state index in [1.165, 1.54) is 18.3 Å². The molecular weight excluding hydrogens is 322 g/mol. The van der Waals surface area contributed by atoms with E-state index in [4.69, 9.17) is 0 Å². The number of carbonyl (C=O) groups excluding carboxylic acids is 1. The molecule has 2 rings (SSSR count). The summed E-state index contributed by atoms with van der Waals surface area (Å²) in [5.74, 6) is 0.423. The molecule has 3 N–H and O–H groups in total. The highest BCUT2D eigenvalue weighted by atomic mass is 32.2. The summed E-state index contributed by atoms with van der Waals surface area (Å²) in [6.07, 6.45) is 3.18. The average Bonchev–Trinajstić information content (AvgIpc) is 2.96. The van der Waals surface area contributed by atoms with Crippen molar-refractivity contribution in [1.29, 1.82) is 0 Å². The highest BCUT2D eigenvalue weighted by molar-refractivity contribution is 7.91. The fraction of sp³-hybridized carbons (Fsp3) is 0.643. The van der Waals surface area contributed by atoms with Crippen molar-refractivity contribution in [2.45, 2.75) is 36.9 Å². The third kappa shape index (κ3) is 5.35. The van der Waals surface area contributed by atoms with Gasteiger partial charge in [0.15, 0.2) is 0 Å². The van der Waals surface area contributed by atoms with Crippen molar-refractivity contribution in [3.63, 3.8) is 0 Å². The van der Waals surface area contributed by atoms with E-state index in [0.29, 0.717) is 23.2 Å². The number of thiophene rings is 1. The average molecular weight is 345 g/mol. The molecule has 1 unspecified atom stereocenters. The first kappa shape index (κ1) is 17.4. The van der Waals surface area contributed by atoms with Gasteiger partial charge in [0.25, 0.3) is 0 Å². The van der Waals surface area contributed by atoms with Gasteiger partial charge < -0.3 is 10.6 Å². The van der Waals surface area contributed by atoms with Gasteiger partial charge in [0.2, 0.25) is 15.9 Å². The molecule has 0 saturated carbocycles. The monoisotopic (exact) mass is 345 g/mol. The zero-order valence-corrected chi connectivity index (χ0v) is 14.4. The van der Waals surface area contributed by atoms with Crippen molar-refractivity contribution in [3.8, 4) is 0 Å². The van der Waals surface area contributed by atoms with Gasteiger partial charge in [0, 0.05) is 18.3 Å². The van der Waals surface area contributed by atoms with Crippen LogP contribution in [-0.4, -0.2) is 34.0 Å². The molecule has 0 aliphatic carbocycles. The summed E-state index contributed by atoms with van der Waals surface area (Å²) in [5, 5.41) is 5.99. The van der Waals surface area contributed by atoms with Gasteiger partial charge in [-0.2, -0.15) is 0 Å². The normalized spacial score (nSPS) is 19.0. The molecule has 0 radical (unpaired) electrons. The highest BCUT2D eigenvalue weighted by Crippen LogP contribution is 2.21. The van der Waals surface area contributed by atoms with Crippen molar-refractivity contribution in [2.75, 3.05) is 19.6 Å². The van der Waals surface area contributed by atoms with E-state index < -0.39 is 10.0 Å². The lowest BCUT2D eigenvalue weighted by Gasteiger charge is -2.22. The maximum Gasteiger partial charge on any atom is 0.250 e. The molecule has 22 heavy (non-hydrogen) atoms. The molecule has 1 aliphatic heterocycles. The number of amides is 1. The lowest BCUT2D eigenvalue weighted by molar-refractivity contribution is -0.119. The predicted octanol–water partition coefficient (Wildman–Crippen LogP) is 1.05. The number of sulfonamides is 1. The van der Waals surface area contributed by atoms with Gasteiger partial charge in [0.1, 0.15) is 4.21 Å². The van der Waals surface area contributed by atoms with Crippen molar-refractivity contribution >= 4 is 27.3 Å². The first-order valence-electron chi connectivity index (χ1n) is 7.51. The van der Waals surface area contributed by atoms with Crippen LogP contribution < -0.4 is 15.4 Å². The van der Waals surface area contributed by atoms with Crippen molar-refractivity contribution in [3.05, 3.63) is 17.0 Å². The molecule has 1 aromatic rings. The minimum Gasteiger partial charge on any atom is -0.351 e. The highest BCUT2D eigenvalue weighted by Gasteiger charge is 2.18. The molecule has 0 bridgehead atoms. The number of nitrogens with one attached hydrogen (secondary N) is 3. The summed E-state index contributed by atoms with van der Waals surface area (Å²) in [7, 11) is -3.44. The van der Waals surface area contributed by atoms with Gasteiger partial charge in [0.05, 0.1) is 6.54 Å². The predicted molar refractivity (Wildman–Crippen MR) is 87.2 cm³/mol. The Morgan fingerprint density at radius 3 is 2.95 bits per heavy atom. The van der Waals surface area contributed by atoms with Crippen LogP contribution in [0.4, 0.5) is 0 Å². The van der Waals surface area contributed by atoms with Gasteiger partial charge in [-0.15, -0.1) is 11.3 Å². The van der Waals surface area contributed by atoms with Crippen LogP contribution in [0.5, 0.6) is 0 Å². The van der Waals surface area contributed by atoms with Gasteiger partial charge in [-0.05, 0) is 50.4 Å². The van der Waals surface area contributed by atoms with Gasteiger partial charge in [-0.3, -0.25) is 4.79 Å². The Hall–Kier alpha value is -0.960. The van der Waals surface area contributed by atoms with E-state index in [-0.39, 0.29) is 5.91 Å². The van der Waals surface area contributed by atoms with Crippen LogP contribution in [0.2, 0.25) is 0 Å². The van der Waals surface area contributed by atoms with Crippen LogP contribution in [0.15, 0.2) is 16.3 Å². The molecule has 6 nitrogen and oxygen atoms in total. The van der Waals surface area contributed by atoms with E-state index in [0.717, 1.165) is 37.2 Å². The molecule has 1 saturated heterocycles. The Morgan fingerprint density at radius 1 is 1.45 bits per heavy atom. The fourth-order valence-electron chi connectivity index (χ4n) is 2.45. The molecule has 1 amide bonds.